The van der Waals surface area contributed by atoms with Crippen LogP contribution in [0.15, 0.2) is 0 Å². The third kappa shape index (κ3) is 4.29. The van der Waals surface area contributed by atoms with E-state index in [-0.39, 0.29) is 17.9 Å². The molecule has 1 rings (SSSR count). The van der Waals surface area contributed by atoms with E-state index in [2.05, 4.69) is 10.6 Å². The van der Waals surface area contributed by atoms with Gasteiger partial charge in [0.2, 0.25) is 11.8 Å². The first kappa shape index (κ1) is 15.0. The molecule has 2 unspecified atom stereocenters. The maximum absolute atomic E-state index is 12.1. The number of hydrogen-bond acceptors (Lipinski definition) is 3. The van der Waals surface area contributed by atoms with Crippen LogP contribution in [0.5, 0.6) is 0 Å². The summed E-state index contributed by atoms with van der Waals surface area (Å²) >= 11 is 0. The van der Waals surface area contributed by atoms with Gasteiger partial charge in [0.05, 0.1) is 11.6 Å². The second-order valence-corrected chi connectivity index (χ2v) is 5.49. The fraction of sp³-hybridized carbons (Fsp3) is 0.846. The Morgan fingerprint density at radius 3 is 2.78 bits per heavy atom. The molecule has 104 valence electrons. The maximum Gasteiger partial charge on any atom is 0.242 e. The Kier molecular flexibility index (Phi) is 5.14. The van der Waals surface area contributed by atoms with Gasteiger partial charge in [0, 0.05) is 6.42 Å². The van der Waals surface area contributed by atoms with Crippen molar-refractivity contribution in [2.24, 2.45) is 0 Å². The van der Waals surface area contributed by atoms with Crippen LogP contribution in [-0.4, -0.2) is 34.6 Å². The van der Waals surface area contributed by atoms with E-state index in [1.807, 2.05) is 6.92 Å². The number of aliphatic hydroxyl groups is 1. The second kappa shape index (κ2) is 6.18. The molecule has 1 aliphatic rings. The summed E-state index contributed by atoms with van der Waals surface area (Å²) in [6, 6.07) is -0.762. The number of rotatable bonds is 4. The van der Waals surface area contributed by atoms with Crippen molar-refractivity contribution in [1.82, 2.24) is 10.6 Å². The number of carbonyl (C=O) groups excluding carboxylic acids is 2. The lowest BCUT2D eigenvalue weighted by atomic mass is 9.96. The Morgan fingerprint density at radius 1 is 1.56 bits per heavy atom. The van der Waals surface area contributed by atoms with E-state index in [1.165, 1.54) is 0 Å². The minimum atomic E-state index is -0.959. The summed E-state index contributed by atoms with van der Waals surface area (Å²) in [5.41, 5.74) is -0.959. The largest absolute Gasteiger partial charge is 0.388 e. The summed E-state index contributed by atoms with van der Waals surface area (Å²) in [5.74, 6) is -0.261. The molecule has 0 bridgehead atoms. The first-order chi connectivity index (χ1) is 8.34. The van der Waals surface area contributed by atoms with Crippen LogP contribution in [0.25, 0.3) is 0 Å². The van der Waals surface area contributed by atoms with E-state index in [9.17, 15) is 14.7 Å². The Hall–Kier alpha value is -1.10. The summed E-state index contributed by atoms with van der Waals surface area (Å²) in [7, 11) is 0. The fourth-order valence-electron chi connectivity index (χ4n) is 2.22. The lowest BCUT2D eigenvalue weighted by Gasteiger charge is -2.30. The van der Waals surface area contributed by atoms with Crippen LogP contribution in [0.1, 0.15) is 52.9 Å². The highest BCUT2D eigenvalue weighted by Gasteiger charge is 2.30. The average molecular weight is 256 g/mol. The molecule has 0 aliphatic carbocycles. The van der Waals surface area contributed by atoms with Crippen LogP contribution >= 0.6 is 0 Å². The number of carbonyl (C=O) groups is 2. The maximum atomic E-state index is 12.1. The average Bonchev–Trinajstić information content (AvgIpc) is 2.48. The molecule has 5 heteroatoms. The Bertz CT molecular complexity index is 310. The topological polar surface area (TPSA) is 78.4 Å². The van der Waals surface area contributed by atoms with E-state index >= 15 is 0 Å². The molecule has 0 saturated carbocycles. The second-order valence-electron chi connectivity index (χ2n) is 5.49. The van der Waals surface area contributed by atoms with Crippen molar-refractivity contribution in [2.75, 3.05) is 0 Å². The molecular formula is C13H24N2O3. The minimum absolute atomic E-state index is 0.0658. The third-order valence-electron chi connectivity index (χ3n) is 3.38. The molecule has 0 radical (unpaired) electrons. The van der Waals surface area contributed by atoms with Crippen molar-refractivity contribution in [3.63, 3.8) is 0 Å². The van der Waals surface area contributed by atoms with Gasteiger partial charge < -0.3 is 15.7 Å². The van der Waals surface area contributed by atoms with Gasteiger partial charge in [-0.1, -0.05) is 13.3 Å². The highest BCUT2D eigenvalue weighted by Crippen LogP contribution is 2.14. The van der Waals surface area contributed by atoms with Crippen LogP contribution in [0, 0.1) is 0 Å². The van der Waals surface area contributed by atoms with Crippen LogP contribution in [-0.2, 0) is 9.59 Å². The van der Waals surface area contributed by atoms with Crippen molar-refractivity contribution < 1.29 is 14.7 Å². The lowest BCUT2D eigenvalue weighted by Crippen LogP contribution is -2.54. The minimum Gasteiger partial charge on any atom is -0.388 e. The van der Waals surface area contributed by atoms with Gasteiger partial charge in [0.1, 0.15) is 6.04 Å². The van der Waals surface area contributed by atoms with Crippen molar-refractivity contribution in [2.45, 2.75) is 70.6 Å². The predicted octanol–water partition coefficient (Wildman–Crippen LogP) is 0.711. The van der Waals surface area contributed by atoms with Gasteiger partial charge in [0.15, 0.2) is 0 Å². The Morgan fingerprint density at radius 2 is 2.22 bits per heavy atom. The van der Waals surface area contributed by atoms with Gasteiger partial charge in [-0.25, -0.2) is 0 Å². The molecule has 3 N–H and O–H groups in total. The van der Waals surface area contributed by atoms with E-state index in [0.717, 1.165) is 12.8 Å². The van der Waals surface area contributed by atoms with E-state index in [4.69, 9.17) is 0 Å². The third-order valence-corrected chi connectivity index (χ3v) is 3.38. The van der Waals surface area contributed by atoms with Crippen LogP contribution in [0.3, 0.4) is 0 Å². The standard InChI is InChI=1S/C13H24N2O3/c1-4-10(13(2,3)18)15-12(17)9-7-5-6-8-11(16)14-9/h9-10,18H,4-8H2,1-3H3,(H,14,16)(H,15,17). The normalized spacial score (nSPS) is 22.9. The lowest BCUT2D eigenvalue weighted by molar-refractivity contribution is -0.130. The molecule has 0 aromatic heterocycles. The fourth-order valence-corrected chi connectivity index (χ4v) is 2.22. The van der Waals surface area contributed by atoms with Gasteiger partial charge in [-0.05, 0) is 33.1 Å². The quantitative estimate of drug-likeness (QED) is 0.693. The van der Waals surface area contributed by atoms with E-state index in [1.54, 1.807) is 13.8 Å². The Labute approximate surface area is 108 Å². The molecule has 0 spiro atoms. The molecule has 1 saturated heterocycles. The summed E-state index contributed by atoms with van der Waals surface area (Å²) in [6.45, 7) is 5.26. The summed E-state index contributed by atoms with van der Waals surface area (Å²) in [4.78, 5) is 23.5. The van der Waals surface area contributed by atoms with Crippen molar-refractivity contribution in [1.29, 1.82) is 0 Å². The summed E-state index contributed by atoms with van der Waals surface area (Å²) in [5, 5.41) is 15.5. The zero-order valence-electron chi connectivity index (χ0n) is 11.5. The van der Waals surface area contributed by atoms with Crippen molar-refractivity contribution in [3.8, 4) is 0 Å². The van der Waals surface area contributed by atoms with Gasteiger partial charge >= 0.3 is 0 Å². The SMILES string of the molecule is CCC(NC(=O)C1CCCCC(=O)N1)C(C)(C)O. The highest BCUT2D eigenvalue weighted by molar-refractivity contribution is 5.88. The van der Waals surface area contributed by atoms with Gasteiger partial charge in [-0.15, -0.1) is 0 Å². The molecule has 1 fully saturated rings. The number of nitrogens with one attached hydrogen (secondary N) is 2. The molecule has 2 amide bonds. The van der Waals surface area contributed by atoms with Crippen molar-refractivity contribution >= 4 is 11.8 Å². The molecule has 0 aromatic carbocycles. The van der Waals surface area contributed by atoms with E-state index < -0.39 is 11.6 Å². The summed E-state index contributed by atoms with van der Waals surface area (Å²) < 4.78 is 0. The van der Waals surface area contributed by atoms with Gasteiger partial charge in [-0.2, -0.15) is 0 Å². The van der Waals surface area contributed by atoms with Crippen LogP contribution in [0.4, 0.5) is 0 Å². The number of amides is 2. The smallest absolute Gasteiger partial charge is 0.242 e. The molecule has 5 nitrogen and oxygen atoms in total. The molecule has 18 heavy (non-hydrogen) atoms. The van der Waals surface area contributed by atoms with Gasteiger partial charge in [0.25, 0.3) is 0 Å². The van der Waals surface area contributed by atoms with E-state index in [0.29, 0.717) is 19.3 Å². The monoisotopic (exact) mass is 256 g/mol. The Balaban J connectivity index is 2.60. The van der Waals surface area contributed by atoms with Crippen LogP contribution < -0.4 is 10.6 Å². The molecular weight excluding hydrogens is 232 g/mol. The van der Waals surface area contributed by atoms with Gasteiger partial charge in [-0.3, -0.25) is 9.59 Å². The zero-order chi connectivity index (χ0) is 13.8. The predicted molar refractivity (Wildman–Crippen MR) is 68.9 cm³/mol. The highest BCUT2D eigenvalue weighted by atomic mass is 16.3. The molecule has 1 heterocycles. The van der Waals surface area contributed by atoms with Crippen LogP contribution in [0.2, 0.25) is 0 Å². The molecule has 0 aromatic rings. The first-order valence-electron chi connectivity index (χ1n) is 6.66. The van der Waals surface area contributed by atoms with Crippen molar-refractivity contribution in [3.05, 3.63) is 0 Å². The summed E-state index contributed by atoms with van der Waals surface area (Å²) in [6.07, 6.45) is 3.51. The molecule has 2 atom stereocenters. The number of hydrogen-bond donors (Lipinski definition) is 3. The zero-order valence-corrected chi connectivity index (χ0v) is 11.5. The molecule has 1 aliphatic heterocycles. The first-order valence-corrected chi connectivity index (χ1v) is 6.66.